The number of carbonyl (C=O) groups is 1. The van der Waals surface area contributed by atoms with E-state index in [9.17, 15) is 10.1 Å². The Hall–Kier alpha value is -2.83. The number of rotatable bonds is 3. The summed E-state index contributed by atoms with van der Waals surface area (Å²) in [6.07, 6.45) is 3.40. The van der Waals surface area contributed by atoms with Gasteiger partial charge in [0.15, 0.2) is 0 Å². The standard InChI is InChI=1S/C18H11ClN2O/c19-15-7-5-12(6-8-15)18(22)13(10-20)9-14-11-21-17-4-2-1-3-16(14)17/h1-9,11,21H/b13-9+. The maximum Gasteiger partial charge on any atom is 0.203 e. The second kappa shape index (κ2) is 5.88. The number of benzene rings is 2. The summed E-state index contributed by atoms with van der Waals surface area (Å²) in [4.78, 5) is 15.5. The first-order chi connectivity index (χ1) is 10.7. The smallest absolute Gasteiger partial charge is 0.203 e. The molecule has 106 valence electrons. The third kappa shape index (κ3) is 2.65. The summed E-state index contributed by atoms with van der Waals surface area (Å²) in [6.45, 7) is 0. The van der Waals surface area contributed by atoms with Gasteiger partial charge in [0.05, 0.1) is 0 Å². The number of nitrogens with one attached hydrogen (secondary N) is 1. The van der Waals surface area contributed by atoms with Crippen molar-refractivity contribution in [1.82, 2.24) is 4.98 Å². The topological polar surface area (TPSA) is 56.6 Å². The molecule has 0 spiro atoms. The van der Waals surface area contributed by atoms with Crippen LogP contribution in [0.5, 0.6) is 0 Å². The van der Waals surface area contributed by atoms with E-state index < -0.39 is 0 Å². The van der Waals surface area contributed by atoms with Gasteiger partial charge in [0.2, 0.25) is 5.78 Å². The fourth-order valence-electron chi connectivity index (χ4n) is 2.27. The molecule has 2 aromatic carbocycles. The second-order valence-electron chi connectivity index (χ2n) is 4.80. The summed E-state index contributed by atoms with van der Waals surface area (Å²) in [5, 5.41) is 10.8. The van der Waals surface area contributed by atoms with E-state index in [0.29, 0.717) is 10.6 Å². The maximum atomic E-state index is 12.4. The molecule has 22 heavy (non-hydrogen) atoms. The molecule has 3 rings (SSSR count). The zero-order valence-electron chi connectivity index (χ0n) is 11.5. The first-order valence-corrected chi connectivity index (χ1v) is 7.05. The number of H-pyrrole nitrogens is 1. The highest BCUT2D eigenvalue weighted by Crippen LogP contribution is 2.21. The number of halogens is 1. The Kier molecular flexibility index (Phi) is 3.78. The number of aromatic amines is 1. The molecule has 3 aromatic rings. The van der Waals surface area contributed by atoms with Crippen LogP contribution in [0.1, 0.15) is 15.9 Å². The molecule has 0 aliphatic heterocycles. The fourth-order valence-corrected chi connectivity index (χ4v) is 2.40. The molecule has 0 unspecified atom stereocenters. The lowest BCUT2D eigenvalue weighted by molar-refractivity contribution is 0.104. The van der Waals surface area contributed by atoms with Crippen molar-refractivity contribution in [3.63, 3.8) is 0 Å². The highest BCUT2D eigenvalue weighted by Gasteiger charge is 2.13. The quantitative estimate of drug-likeness (QED) is 0.436. The van der Waals surface area contributed by atoms with Gasteiger partial charge in [-0.1, -0.05) is 29.8 Å². The molecule has 0 bridgehead atoms. The molecule has 0 fully saturated rings. The minimum absolute atomic E-state index is 0.0899. The van der Waals surface area contributed by atoms with Crippen LogP contribution in [-0.2, 0) is 0 Å². The number of allylic oxidation sites excluding steroid dienone is 1. The Balaban J connectivity index is 2.02. The molecule has 0 saturated carbocycles. The number of hydrogen-bond donors (Lipinski definition) is 1. The number of hydrogen-bond acceptors (Lipinski definition) is 2. The number of aromatic nitrogens is 1. The molecular weight excluding hydrogens is 296 g/mol. The highest BCUT2D eigenvalue weighted by atomic mass is 35.5. The zero-order valence-corrected chi connectivity index (χ0v) is 12.3. The molecule has 0 atom stereocenters. The summed E-state index contributed by atoms with van der Waals surface area (Å²) in [5.74, 6) is -0.315. The van der Waals surface area contributed by atoms with E-state index in [0.717, 1.165) is 16.5 Å². The van der Waals surface area contributed by atoms with Gasteiger partial charge in [0.25, 0.3) is 0 Å². The molecule has 1 aromatic heterocycles. The van der Waals surface area contributed by atoms with Gasteiger partial charge in [-0.3, -0.25) is 4.79 Å². The summed E-state index contributed by atoms with van der Waals surface area (Å²) >= 11 is 5.82. The van der Waals surface area contributed by atoms with Crippen LogP contribution in [0.25, 0.3) is 17.0 Å². The van der Waals surface area contributed by atoms with E-state index in [2.05, 4.69) is 4.98 Å². The third-order valence-electron chi connectivity index (χ3n) is 3.39. The van der Waals surface area contributed by atoms with E-state index in [-0.39, 0.29) is 11.4 Å². The molecule has 1 N–H and O–H groups in total. The third-order valence-corrected chi connectivity index (χ3v) is 3.64. The van der Waals surface area contributed by atoms with E-state index in [4.69, 9.17) is 11.6 Å². The van der Waals surface area contributed by atoms with Crippen molar-refractivity contribution in [3.8, 4) is 6.07 Å². The van der Waals surface area contributed by atoms with Crippen molar-refractivity contribution >= 4 is 34.4 Å². The van der Waals surface area contributed by atoms with Crippen molar-refractivity contribution in [2.75, 3.05) is 0 Å². The Bertz CT molecular complexity index is 914. The molecule has 3 nitrogen and oxygen atoms in total. The molecular formula is C18H11ClN2O. The lowest BCUT2D eigenvalue weighted by atomic mass is 10.0. The molecule has 1 heterocycles. The predicted octanol–water partition coefficient (Wildman–Crippen LogP) is 4.61. The van der Waals surface area contributed by atoms with E-state index >= 15 is 0 Å². The molecule has 4 heteroatoms. The number of nitriles is 1. The van der Waals surface area contributed by atoms with Crippen LogP contribution in [0.4, 0.5) is 0 Å². The summed E-state index contributed by atoms with van der Waals surface area (Å²) < 4.78 is 0. The largest absolute Gasteiger partial charge is 0.361 e. The first kappa shape index (κ1) is 14.1. The van der Waals surface area contributed by atoms with Gasteiger partial charge >= 0.3 is 0 Å². The number of para-hydroxylation sites is 1. The van der Waals surface area contributed by atoms with Gasteiger partial charge < -0.3 is 4.98 Å². The monoisotopic (exact) mass is 306 g/mol. The Morgan fingerprint density at radius 2 is 1.86 bits per heavy atom. The Morgan fingerprint density at radius 3 is 2.59 bits per heavy atom. The SMILES string of the molecule is N#C/C(=C\c1c[nH]c2ccccc12)C(=O)c1ccc(Cl)cc1. The van der Waals surface area contributed by atoms with E-state index in [1.54, 1.807) is 36.5 Å². The zero-order chi connectivity index (χ0) is 15.5. The van der Waals surface area contributed by atoms with Crippen LogP contribution >= 0.6 is 11.6 Å². The van der Waals surface area contributed by atoms with E-state index in [1.807, 2.05) is 30.3 Å². The Labute approximate surface area is 132 Å². The summed E-state index contributed by atoms with van der Waals surface area (Å²) in [6, 6.07) is 16.2. The van der Waals surface area contributed by atoms with Gasteiger partial charge in [-0.2, -0.15) is 5.26 Å². The number of ketones is 1. The normalized spacial score (nSPS) is 11.4. The van der Waals surface area contributed by atoms with Crippen molar-refractivity contribution in [2.45, 2.75) is 0 Å². The van der Waals surface area contributed by atoms with Crippen LogP contribution in [0.15, 0.2) is 60.3 Å². The highest BCUT2D eigenvalue weighted by molar-refractivity contribution is 6.30. The van der Waals surface area contributed by atoms with Gasteiger partial charge in [0.1, 0.15) is 11.6 Å². The summed E-state index contributed by atoms with van der Waals surface area (Å²) in [5.41, 5.74) is 2.31. The summed E-state index contributed by atoms with van der Waals surface area (Å²) in [7, 11) is 0. The molecule has 0 aliphatic rings. The Morgan fingerprint density at radius 1 is 1.14 bits per heavy atom. The van der Waals surface area contributed by atoms with E-state index in [1.165, 1.54) is 0 Å². The average molecular weight is 307 g/mol. The maximum absolute atomic E-state index is 12.4. The van der Waals surface area contributed by atoms with Gasteiger partial charge in [-0.05, 0) is 36.4 Å². The van der Waals surface area contributed by atoms with Gasteiger partial charge in [0, 0.05) is 33.2 Å². The minimum Gasteiger partial charge on any atom is -0.361 e. The number of fused-ring (bicyclic) bond motifs is 1. The molecule has 0 aliphatic carbocycles. The van der Waals surface area contributed by atoms with Crippen molar-refractivity contribution in [3.05, 3.63) is 76.5 Å². The van der Waals surface area contributed by atoms with Crippen LogP contribution in [-0.4, -0.2) is 10.8 Å². The molecule has 0 amide bonds. The first-order valence-electron chi connectivity index (χ1n) is 6.67. The van der Waals surface area contributed by atoms with Crippen molar-refractivity contribution in [2.24, 2.45) is 0 Å². The fraction of sp³-hybridized carbons (Fsp3) is 0. The molecule has 0 radical (unpaired) electrons. The minimum atomic E-state index is -0.315. The predicted molar refractivity (Wildman–Crippen MR) is 87.7 cm³/mol. The van der Waals surface area contributed by atoms with Gasteiger partial charge in [-0.15, -0.1) is 0 Å². The number of Topliss-reactive ketones (excluding diaryl/α,β-unsaturated/α-hetero) is 1. The number of nitrogens with zero attached hydrogens (tertiary/aromatic N) is 1. The lowest BCUT2D eigenvalue weighted by Gasteiger charge is -2.00. The van der Waals surface area contributed by atoms with Crippen molar-refractivity contribution < 1.29 is 4.79 Å². The number of carbonyl (C=O) groups excluding carboxylic acids is 1. The average Bonchev–Trinajstić information content (AvgIpc) is 2.96. The van der Waals surface area contributed by atoms with Crippen molar-refractivity contribution in [1.29, 1.82) is 5.26 Å². The lowest BCUT2D eigenvalue weighted by Crippen LogP contribution is -2.01. The van der Waals surface area contributed by atoms with Crippen LogP contribution < -0.4 is 0 Å². The van der Waals surface area contributed by atoms with Gasteiger partial charge in [-0.25, -0.2) is 0 Å². The van der Waals surface area contributed by atoms with Crippen LogP contribution in [0, 0.1) is 11.3 Å². The molecule has 0 saturated heterocycles. The van der Waals surface area contributed by atoms with Crippen LogP contribution in [0.3, 0.4) is 0 Å². The second-order valence-corrected chi connectivity index (χ2v) is 5.23. The van der Waals surface area contributed by atoms with Crippen LogP contribution in [0.2, 0.25) is 5.02 Å².